The lowest BCUT2D eigenvalue weighted by atomic mass is 10.1. The van der Waals surface area contributed by atoms with Gasteiger partial charge in [-0.15, -0.1) is 0 Å². The Morgan fingerprint density at radius 2 is 1.77 bits per heavy atom. The lowest BCUT2D eigenvalue weighted by Gasteiger charge is -2.13. The second-order valence-electron chi connectivity index (χ2n) is 9.43. The fraction of sp³-hybridized carbons (Fsp3) is 0.448. The highest BCUT2D eigenvalue weighted by molar-refractivity contribution is 6.04. The molecule has 1 aromatic carbocycles. The zero-order valence-electron chi connectivity index (χ0n) is 24.6. The number of amides is 2. The van der Waals surface area contributed by atoms with E-state index in [9.17, 15) is 24.3 Å². The molecule has 43 heavy (non-hydrogen) atoms. The molecule has 0 unspecified atom stereocenters. The molecule has 0 fully saturated rings. The van der Waals surface area contributed by atoms with Crippen LogP contribution >= 0.6 is 0 Å². The Kier molecular flexibility index (Phi) is 12.2. The summed E-state index contributed by atoms with van der Waals surface area (Å²) < 4.78 is 19.3. The minimum atomic E-state index is -0.689. The molecule has 4 N–H and O–H groups in total. The highest BCUT2D eigenvalue weighted by Gasteiger charge is 2.21. The summed E-state index contributed by atoms with van der Waals surface area (Å²) in [6.07, 6.45) is 4.16. The molecule has 0 aliphatic heterocycles. The number of carbonyl (C=O) groups is 4. The van der Waals surface area contributed by atoms with Crippen LogP contribution in [0.15, 0.2) is 30.4 Å². The van der Waals surface area contributed by atoms with Crippen LogP contribution in [-0.2, 0) is 32.2 Å². The summed E-state index contributed by atoms with van der Waals surface area (Å²) in [4.78, 5) is 53.2. The van der Waals surface area contributed by atoms with E-state index in [0.29, 0.717) is 48.4 Å². The van der Waals surface area contributed by atoms with Crippen LogP contribution < -0.4 is 15.8 Å². The Morgan fingerprint density at radius 1 is 1.02 bits per heavy atom. The number of rotatable bonds is 17. The number of aliphatic hydroxyl groups excluding tert-OH is 1. The third kappa shape index (κ3) is 9.13. The monoisotopic (exact) mass is 598 g/mol. The van der Waals surface area contributed by atoms with Crippen molar-refractivity contribution in [1.82, 2.24) is 19.3 Å². The number of esters is 2. The van der Waals surface area contributed by atoms with Crippen LogP contribution in [0, 0.1) is 6.92 Å². The van der Waals surface area contributed by atoms with Crippen LogP contribution in [-0.4, -0.2) is 74.6 Å². The zero-order valence-corrected chi connectivity index (χ0v) is 24.6. The number of aryl methyl sites for hydroxylation is 2. The van der Waals surface area contributed by atoms with Crippen molar-refractivity contribution >= 4 is 40.7 Å². The SMILES string of the molecule is CCOC(=O)CCCC(=O)OCCCOc1cc(C(N)=O)cc2nc(NC(=O)c3cc(C)nn3CC)n(C/C=C/CO)c12. The smallest absolute Gasteiger partial charge is 0.305 e. The van der Waals surface area contributed by atoms with Crippen molar-refractivity contribution in [2.45, 2.75) is 59.5 Å². The van der Waals surface area contributed by atoms with Gasteiger partial charge in [-0.1, -0.05) is 12.2 Å². The quantitative estimate of drug-likeness (QED) is 0.118. The predicted octanol–water partition coefficient (Wildman–Crippen LogP) is 2.51. The highest BCUT2D eigenvalue weighted by atomic mass is 16.5. The normalized spacial score (nSPS) is 11.2. The molecule has 232 valence electrons. The maximum Gasteiger partial charge on any atom is 0.305 e. The summed E-state index contributed by atoms with van der Waals surface area (Å²) in [5, 5.41) is 16.4. The van der Waals surface area contributed by atoms with E-state index in [1.165, 1.54) is 12.1 Å². The Labute approximate surface area is 248 Å². The molecule has 2 heterocycles. The summed E-state index contributed by atoms with van der Waals surface area (Å²) in [6.45, 7) is 6.42. The molecule has 0 aliphatic rings. The number of primary amides is 1. The molecule has 14 heteroatoms. The molecule has 0 saturated heterocycles. The molecule has 3 aromatic rings. The number of nitrogens with zero attached hydrogens (tertiary/aromatic N) is 4. The van der Waals surface area contributed by atoms with Gasteiger partial charge in [0.2, 0.25) is 11.9 Å². The van der Waals surface area contributed by atoms with E-state index in [0.717, 1.165) is 0 Å². The molecule has 0 radical (unpaired) electrons. The predicted molar refractivity (Wildman–Crippen MR) is 157 cm³/mol. The van der Waals surface area contributed by atoms with E-state index in [2.05, 4.69) is 15.4 Å². The molecule has 3 rings (SSSR count). The number of aliphatic hydroxyl groups is 1. The van der Waals surface area contributed by atoms with E-state index in [1.54, 1.807) is 41.3 Å². The van der Waals surface area contributed by atoms with Crippen molar-refractivity contribution in [1.29, 1.82) is 0 Å². The fourth-order valence-electron chi connectivity index (χ4n) is 4.25. The molecular formula is C29H38N6O8. The van der Waals surface area contributed by atoms with Gasteiger partial charge in [0.25, 0.3) is 5.91 Å². The van der Waals surface area contributed by atoms with Gasteiger partial charge in [-0.25, -0.2) is 4.98 Å². The molecular weight excluding hydrogens is 560 g/mol. The van der Waals surface area contributed by atoms with Crippen molar-refractivity contribution in [3.05, 3.63) is 47.3 Å². The van der Waals surface area contributed by atoms with Gasteiger partial charge in [-0.05, 0) is 45.4 Å². The maximum atomic E-state index is 13.2. The number of allylic oxidation sites excluding steroid dienone is 1. The number of aromatic nitrogens is 4. The van der Waals surface area contributed by atoms with Crippen molar-refractivity contribution in [2.24, 2.45) is 5.73 Å². The van der Waals surface area contributed by atoms with Crippen LogP contribution in [0.1, 0.15) is 66.1 Å². The molecule has 0 bridgehead atoms. The van der Waals surface area contributed by atoms with E-state index in [4.69, 9.17) is 19.9 Å². The Balaban J connectivity index is 1.78. The first kappa shape index (κ1) is 32.8. The van der Waals surface area contributed by atoms with Crippen LogP contribution in [0.3, 0.4) is 0 Å². The average Bonchev–Trinajstić information content (AvgIpc) is 3.52. The van der Waals surface area contributed by atoms with Gasteiger partial charge in [-0.3, -0.25) is 29.2 Å². The molecule has 0 saturated carbocycles. The topological polar surface area (TPSA) is 190 Å². The maximum absolute atomic E-state index is 13.2. The number of ether oxygens (including phenoxy) is 3. The number of benzene rings is 1. The van der Waals surface area contributed by atoms with Gasteiger partial charge in [-0.2, -0.15) is 5.10 Å². The number of anilines is 1. The van der Waals surface area contributed by atoms with Crippen LogP contribution in [0.4, 0.5) is 5.95 Å². The molecule has 14 nitrogen and oxygen atoms in total. The number of fused-ring (bicyclic) bond motifs is 1. The second kappa shape index (κ2) is 16.1. The van der Waals surface area contributed by atoms with E-state index in [1.807, 2.05) is 6.92 Å². The largest absolute Gasteiger partial charge is 0.491 e. The van der Waals surface area contributed by atoms with E-state index < -0.39 is 17.8 Å². The van der Waals surface area contributed by atoms with Gasteiger partial charge in [0, 0.05) is 37.9 Å². The summed E-state index contributed by atoms with van der Waals surface area (Å²) >= 11 is 0. The number of hydrogen-bond donors (Lipinski definition) is 3. The number of hydrogen-bond acceptors (Lipinski definition) is 10. The second-order valence-corrected chi connectivity index (χ2v) is 9.43. The number of nitrogens with one attached hydrogen (secondary N) is 1. The fourth-order valence-corrected chi connectivity index (χ4v) is 4.25. The zero-order chi connectivity index (χ0) is 31.4. The summed E-state index contributed by atoms with van der Waals surface area (Å²) in [5.74, 6) is -1.43. The van der Waals surface area contributed by atoms with E-state index >= 15 is 0 Å². The Bertz CT molecular complexity index is 1480. The van der Waals surface area contributed by atoms with Crippen LogP contribution in [0.25, 0.3) is 11.0 Å². The van der Waals surface area contributed by atoms with Crippen molar-refractivity contribution in [3.8, 4) is 5.75 Å². The standard InChI is InChI=1S/C29H38N6O8/c1-4-35-22(16-19(3)33-35)28(40)32-29-31-21-17-20(27(30)39)18-23(26(21)34(29)12-6-7-13-36)42-14-9-15-43-25(38)11-8-10-24(37)41-5-2/h6-7,16-18,36H,4-5,8-15H2,1-3H3,(H2,30,39)(H,31,32,40)/b7-6+. The van der Waals surface area contributed by atoms with Crippen LogP contribution in [0.2, 0.25) is 0 Å². The van der Waals surface area contributed by atoms with Crippen LogP contribution in [0.5, 0.6) is 5.75 Å². The first-order chi connectivity index (χ1) is 20.7. The first-order valence-corrected chi connectivity index (χ1v) is 14.1. The average molecular weight is 599 g/mol. The van der Waals surface area contributed by atoms with Gasteiger partial charge >= 0.3 is 11.9 Å². The molecule has 0 atom stereocenters. The third-order valence-corrected chi connectivity index (χ3v) is 6.19. The van der Waals surface area contributed by atoms with E-state index in [-0.39, 0.29) is 62.4 Å². The minimum absolute atomic E-state index is 0.0846. The summed E-state index contributed by atoms with van der Waals surface area (Å²) in [5.41, 5.74) is 7.60. The number of carbonyl (C=O) groups excluding carboxylic acids is 4. The number of nitrogens with two attached hydrogens (primary N) is 1. The third-order valence-electron chi connectivity index (χ3n) is 6.19. The molecule has 2 amide bonds. The Hall–Kier alpha value is -4.72. The Morgan fingerprint density at radius 3 is 2.44 bits per heavy atom. The van der Waals surface area contributed by atoms with Crippen molar-refractivity contribution in [3.63, 3.8) is 0 Å². The summed E-state index contributed by atoms with van der Waals surface area (Å²) in [6, 6.07) is 4.66. The highest BCUT2D eigenvalue weighted by Crippen LogP contribution is 2.31. The van der Waals surface area contributed by atoms with Gasteiger partial charge < -0.3 is 29.6 Å². The van der Waals surface area contributed by atoms with Gasteiger partial charge in [0.15, 0.2) is 0 Å². The lowest BCUT2D eigenvalue weighted by Crippen LogP contribution is -2.20. The molecule has 2 aromatic heterocycles. The molecule has 0 aliphatic carbocycles. The first-order valence-electron chi connectivity index (χ1n) is 14.1. The minimum Gasteiger partial charge on any atom is -0.491 e. The van der Waals surface area contributed by atoms with Gasteiger partial charge in [0.1, 0.15) is 17.0 Å². The van der Waals surface area contributed by atoms with Crippen molar-refractivity contribution in [2.75, 3.05) is 31.7 Å². The van der Waals surface area contributed by atoms with Crippen molar-refractivity contribution < 1.29 is 38.5 Å². The number of imidazole rings is 1. The van der Waals surface area contributed by atoms with Gasteiger partial charge in [0.05, 0.1) is 37.6 Å². The summed E-state index contributed by atoms with van der Waals surface area (Å²) in [7, 11) is 0. The molecule has 0 spiro atoms. The lowest BCUT2D eigenvalue weighted by molar-refractivity contribution is -0.145.